The van der Waals surface area contributed by atoms with Gasteiger partial charge in [0.1, 0.15) is 11.6 Å². The van der Waals surface area contributed by atoms with Gasteiger partial charge in [-0.1, -0.05) is 12.1 Å². The Morgan fingerprint density at radius 1 is 1.42 bits per heavy atom. The van der Waals surface area contributed by atoms with Crippen LogP contribution in [0.4, 0.5) is 0 Å². The van der Waals surface area contributed by atoms with Gasteiger partial charge in [-0.25, -0.2) is 4.98 Å². The van der Waals surface area contributed by atoms with Gasteiger partial charge < -0.3 is 3.83 Å². The Morgan fingerprint density at radius 3 is 3.00 bits per heavy atom. The number of aromatic nitrogens is 1. The Labute approximate surface area is 82.6 Å². The van der Waals surface area contributed by atoms with Gasteiger partial charge in [-0.15, -0.1) is 11.3 Å². The molecule has 2 nitrogen and oxygen atoms in total. The summed E-state index contributed by atoms with van der Waals surface area (Å²) in [6.07, 6.45) is 0. The maximum atomic E-state index is 4.82. The average molecular weight is 244 g/mol. The van der Waals surface area contributed by atoms with Crippen LogP contribution in [-0.4, -0.2) is 4.98 Å². The maximum Gasteiger partial charge on any atom is 0.121 e. The van der Waals surface area contributed by atoms with E-state index in [0.29, 0.717) is 6.61 Å². The second-order valence-corrected chi connectivity index (χ2v) is 3.90. The van der Waals surface area contributed by atoms with Crippen molar-refractivity contribution in [3.05, 3.63) is 29.3 Å². The molecule has 0 fully saturated rings. The molecule has 1 aromatic carbocycles. The zero-order valence-electron chi connectivity index (χ0n) is 6.16. The van der Waals surface area contributed by atoms with E-state index < -0.39 is 0 Å². The molecule has 0 saturated heterocycles. The second-order valence-electron chi connectivity index (χ2n) is 2.33. The molecule has 0 aliphatic carbocycles. The highest BCUT2D eigenvalue weighted by molar-refractivity contribution is 9.06. The summed E-state index contributed by atoms with van der Waals surface area (Å²) in [6, 6.07) is 8.06. The number of hydrogen-bond acceptors (Lipinski definition) is 3. The van der Waals surface area contributed by atoms with Crippen LogP contribution >= 0.6 is 27.6 Å². The minimum absolute atomic E-state index is 0.527. The summed E-state index contributed by atoms with van der Waals surface area (Å²) in [7, 11) is 0. The first kappa shape index (κ1) is 8.16. The fraction of sp³-hybridized carbons (Fsp3) is 0.125. The highest BCUT2D eigenvalue weighted by atomic mass is 79.9. The van der Waals surface area contributed by atoms with Gasteiger partial charge in [-0.05, 0) is 12.1 Å². The van der Waals surface area contributed by atoms with Gasteiger partial charge in [0.05, 0.1) is 26.5 Å². The normalized spacial score (nSPS) is 10.8. The lowest BCUT2D eigenvalue weighted by Gasteiger charge is -1.85. The van der Waals surface area contributed by atoms with Gasteiger partial charge in [-0.2, -0.15) is 0 Å². The molecule has 0 bridgehead atoms. The van der Waals surface area contributed by atoms with Crippen molar-refractivity contribution in [1.29, 1.82) is 0 Å². The predicted molar refractivity (Wildman–Crippen MR) is 53.3 cm³/mol. The second kappa shape index (κ2) is 3.51. The van der Waals surface area contributed by atoms with E-state index in [1.807, 2.05) is 18.2 Å². The molecule has 4 heteroatoms. The summed E-state index contributed by atoms with van der Waals surface area (Å²) in [5.74, 6) is 0. The van der Waals surface area contributed by atoms with E-state index in [1.165, 1.54) is 4.70 Å². The van der Waals surface area contributed by atoms with Crippen molar-refractivity contribution >= 4 is 37.8 Å². The van der Waals surface area contributed by atoms with Gasteiger partial charge in [-0.3, -0.25) is 0 Å². The molecule has 62 valence electrons. The molecular weight excluding hydrogens is 238 g/mol. The summed E-state index contributed by atoms with van der Waals surface area (Å²) in [4.78, 5) is 4.37. The molecule has 0 unspecified atom stereocenters. The molecular formula is C8H6BrNOS. The summed E-state index contributed by atoms with van der Waals surface area (Å²) >= 11 is 4.57. The first-order valence-electron chi connectivity index (χ1n) is 3.48. The van der Waals surface area contributed by atoms with Crippen LogP contribution in [0.3, 0.4) is 0 Å². The zero-order valence-corrected chi connectivity index (χ0v) is 8.56. The molecule has 0 aliphatic heterocycles. The molecule has 0 radical (unpaired) electrons. The van der Waals surface area contributed by atoms with Gasteiger partial charge >= 0.3 is 0 Å². The fourth-order valence-corrected chi connectivity index (χ4v) is 2.28. The van der Waals surface area contributed by atoms with Crippen LogP contribution in [-0.2, 0) is 10.4 Å². The number of rotatable bonds is 2. The number of hydrogen-bond donors (Lipinski definition) is 0. The molecule has 0 spiro atoms. The number of fused-ring (bicyclic) bond motifs is 1. The molecule has 0 N–H and O–H groups in total. The number of thiazole rings is 1. The lowest BCUT2D eigenvalue weighted by molar-refractivity contribution is 0.386. The largest absolute Gasteiger partial charge is 0.301 e. The third kappa shape index (κ3) is 1.50. The number of para-hydroxylation sites is 1. The molecule has 2 rings (SSSR count). The predicted octanol–water partition coefficient (Wildman–Crippen LogP) is 3.12. The molecule has 2 aromatic rings. The van der Waals surface area contributed by atoms with Gasteiger partial charge in [0.15, 0.2) is 0 Å². The van der Waals surface area contributed by atoms with E-state index in [-0.39, 0.29) is 0 Å². The van der Waals surface area contributed by atoms with E-state index >= 15 is 0 Å². The first-order valence-corrected chi connectivity index (χ1v) is 4.94. The molecule has 0 amide bonds. The summed E-state index contributed by atoms with van der Waals surface area (Å²) < 4.78 is 6.02. The standard InChI is InChI=1S/C8H6BrNOS/c9-11-5-8-10-6-3-1-2-4-7(6)12-8/h1-4H,5H2. The minimum Gasteiger partial charge on any atom is -0.301 e. The van der Waals surface area contributed by atoms with Crippen LogP contribution in [0.2, 0.25) is 0 Å². The molecule has 1 aromatic heterocycles. The highest BCUT2D eigenvalue weighted by Crippen LogP contribution is 2.22. The molecule has 0 atom stereocenters. The van der Waals surface area contributed by atoms with Crippen LogP contribution in [0.15, 0.2) is 24.3 Å². The molecule has 0 aliphatic rings. The van der Waals surface area contributed by atoms with Crippen molar-refractivity contribution in [2.45, 2.75) is 6.61 Å². The van der Waals surface area contributed by atoms with E-state index in [2.05, 4.69) is 27.3 Å². The van der Waals surface area contributed by atoms with Crippen molar-refractivity contribution in [3.8, 4) is 0 Å². The van der Waals surface area contributed by atoms with Crippen molar-refractivity contribution in [2.24, 2.45) is 0 Å². The van der Waals surface area contributed by atoms with Crippen LogP contribution < -0.4 is 0 Å². The smallest absolute Gasteiger partial charge is 0.121 e. The van der Waals surface area contributed by atoms with Crippen LogP contribution in [0.25, 0.3) is 10.2 Å². The Balaban J connectivity index is 2.47. The van der Waals surface area contributed by atoms with Crippen molar-refractivity contribution in [3.63, 3.8) is 0 Å². The Kier molecular flexibility index (Phi) is 2.39. The third-order valence-electron chi connectivity index (χ3n) is 1.52. The highest BCUT2D eigenvalue weighted by Gasteiger charge is 2.01. The lowest BCUT2D eigenvalue weighted by Crippen LogP contribution is -1.79. The Bertz CT molecular complexity index is 354. The summed E-state index contributed by atoms with van der Waals surface area (Å²) in [5, 5.41) is 0.994. The minimum atomic E-state index is 0.527. The summed E-state index contributed by atoms with van der Waals surface area (Å²) in [6.45, 7) is 0.527. The zero-order chi connectivity index (χ0) is 8.39. The Hall–Kier alpha value is -0.450. The monoisotopic (exact) mass is 243 g/mol. The molecule has 0 saturated carbocycles. The van der Waals surface area contributed by atoms with Gasteiger partial charge in [0, 0.05) is 0 Å². The third-order valence-corrected chi connectivity index (χ3v) is 2.76. The SMILES string of the molecule is BrOCc1nc2ccccc2s1. The van der Waals surface area contributed by atoms with Crippen molar-refractivity contribution < 1.29 is 3.83 Å². The molecule has 12 heavy (non-hydrogen) atoms. The van der Waals surface area contributed by atoms with E-state index in [1.54, 1.807) is 11.3 Å². The van der Waals surface area contributed by atoms with E-state index in [0.717, 1.165) is 10.5 Å². The molecule has 1 heterocycles. The van der Waals surface area contributed by atoms with Crippen LogP contribution in [0.1, 0.15) is 5.01 Å². The van der Waals surface area contributed by atoms with Gasteiger partial charge in [0.2, 0.25) is 0 Å². The first-order chi connectivity index (χ1) is 5.90. The fourth-order valence-electron chi connectivity index (χ4n) is 1.03. The van der Waals surface area contributed by atoms with E-state index in [4.69, 9.17) is 3.83 Å². The van der Waals surface area contributed by atoms with Crippen molar-refractivity contribution in [1.82, 2.24) is 4.98 Å². The maximum absolute atomic E-state index is 4.82. The Morgan fingerprint density at radius 2 is 2.25 bits per heavy atom. The average Bonchev–Trinajstić information content (AvgIpc) is 2.47. The lowest BCUT2D eigenvalue weighted by atomic mass is 10.3. The van der Waals surface area contributed by atoms with Gasteiger partial charge in [0.25, 0.3) is 0 Å². The van der Waals surface area contributed by atoms with Crippen LogP contribution in [0.5, 0.6) is 0 Å². The topological polar surface area (TPSA) is 22.1 Å². The number of nitrogens with zero attached hydrogens (tertiary/aromatic N) is 1. The van der Waals surface area contributed by atoms with Crippen molar-refractivity contribution in [2.75, 3.05) is 0 Å². The quantitative estimate of drug-likeness (QED) is 0.809. The summed E-state index contributed by atoms with van der Waals surface area (Å²) in [5.41, 5.74) is 1.04. The number of benzene rings is 1. The van der Waals surface area contributed by atoms with E-state index in [9.17, 15) is 0 Å². The number of halogens is 1. The van der Waals surface area contributed by atoms with Crippen LogP contribution in [0, 0.1) is 0 Å².